The van der Waals surface area contributed by atoms with E-state index in [0.29, 0.717) is 11.3 Å². The quantitative estimate of drug-likeness (QED) is 0.334. The van der Waals surface area contributed by atoms with Crippen LogP contribution in [0.15, 0.2) is 72.3 Å². The lowest BCUT2D eigenvalue weighted by molar-refractivity contribution is -0.122. The fourth-order valence-electron chi connectivity index (χ4n) is 3.60. The average Bonchev–Trinajstić information content (AvgIpc) is 2.88. The van der Waals surface area contributed by atoms with Gasteiger partial charge in [0, 0.05) is 5.69 Å². The molecule has 3 aromatic rings. The van der Waals surface area contributed by atoms with E-state index in [2.05, 4.69) is 10.6 Å². The molecule has 1 aliphatic heterocycles. The minimum Gasteiger partial charge on any atom is -0.508 e. The zero-order valence-electron chi connectivity index (χ0n) is 20.0. The van der Waals surface area contributed by atoms with Gasteiger partial charge in [0.1, 0.15) is 11.3 Å². The van der Waals surface area contributed by atoms with Crippen LogP contribution in [0.4, 0.5) is 16.2 Å². The number of aryl methyl sites for hydroxylation is 1. The van der Waals surface area contributed by atoms with Crippen molar-refractivity contribution in [2.75, 3.05) is 23.9 Å². The zero-order chi connectivity index (χ0) is 26.5. The molecule has 10 nitrogen and oxygen atoms in total. The Balaban J connectivity index is 1.51. The predicted molar refractivity (Wildman–Crippen MR) is 135 cm³/mol. The molecule has 3 N–H and O–H groups in total. The predicted octanol–water partition coefficient (Wildman–Crippen LogP) is 3.39. The molecule has 1 aliphatic rings. The number of ether oxygens (including phenoxy) is 2. The van der Waals surface area contributed by atoms with Crippen molar-refractivity contribution in [3.63, 3.8) is 0 Å². The van der Waals surface area contributed by atoms with Crippen LogP contribution in [0.2, 0.25) is 0 Å². The van der Waals surface area contributed by atoms with E-state index in [9.17, 15) is 24.3 Å². The Morgan fingerprint density at radius 1 is 1.03 bits per heavy atom. The smallest absolute Gasteiger partial charge is 0.335 e. The Bertz CT molecular complexity index is 1410. The topological polar surface area (TPSA) is 134 Å². The summed E-state index contributed by atoms with van der Waals surface area (Å²) in [6.45, 7) is 1.61. The third kappa shape index (κ3) is 5.59. The highest BCUT2D eigenvalue weighted by Gasteiger charge is 2.36. The number of carbonyl (C=O) groups excluding carboxylic acids is 4. The van der Waals surface area contributed by atoms with E-state index in [1.54, 1.807) is 18.2 Å². The minimum atomic E-state index is -0.900. The molecule has 37 heavy (non-hydrogen) atoms. The van der Waals surface area contributed by atoms with Crippen LogP contribution in [-0.2, 0) is 14.4 Å². The molecule has 1 saturated heterocycles. The highest BCUT2D eigenvalue weighted by atomic mass is 16.5. The first-order valence-corrected chi connectivity index (χ1v) is 11.1. The van der Waals surface area contributed by atoms with Gasteiger partial charge >= 0.3 is 6.03 Å². The Morgan fingerprint density at radius 2 is 1.76 bits per heavy atom. The number of amides is 5. The molecule has 0 unspecified atom stereocenters. The summed E-state index contributed by atoms with van der Waals surface area (Å²) in [5.41, 5.74) is 1.93. The molecule has 3 aromatic carbocycles. The molecular weight excluding hydrogens is 478 g/mol. The molecule has 0 radical (unpaired) electrons. The number of nitrogens with one attached hydrogen (secondary N) is 2. The number of rotatable bonds is 7. The van der Waals surface area contributed by atoms with E-state index in [1.165, 1.54) is 43.5 Å². The van der Waals surface area contributed by atoms with Crippen LogP contribution in [0.25, 0.3) is 6.08 Å². The van der Waals surface area contributed by atoms with Crippen molar-refractivity contribution in [3.05, 3.63) is 83.4 Å². The van der Waals surface area contributed by atoms with Gasteiger partial charge in [0.25, 0.3) is 17.7 Å². The van der Waals surface area contributed by atoms with Gasteiger partial charge in [0.2, 0.25) is 0 Å². The van der Waals surface area contributed by atoms with Gasteiger partial charge in [0.05, 0.1) is 12.8 Å². The van der Waals surface area contributed by atoms with Crippen molar-refractivity contribution in [3.8, 4) is 17.2 Å². The first-order valence-electron chi connectivity index (χ1n) is 11.1. The minimum absolute atomic E-state index is 0.0393. The largest absolute Gasteiger partial charge is 0.508 e. The standard InChI is InChI=1S/C27H23N3O7/c1-16-5-3-4-6-21(16)28-24(32)15-37-22-12-7-17(14-23(22)36-2)13-20-25(33)29-27(35)30(26(20)34)18-8-10-19(31)11-9-18/h3-14,31H,15H2,1-2H3,(H,28,32)(H,29,33,35). The van der Waals surface area contributed by atoms with Crippen LogP contribution >= 0.6 is 0 Å². The summed E-state index contributed by atoms with van der Waals surface area (Å²) in [5, 5.41) is 14.4. The fraction of sp³-hybridized carbons (Fsp3) is 0.111. The number of urea groups is 1. The van der Waals surface area contributed by atoms with Crippen LogP contribution in [0.3, 0.4) is 0 Å². The van der Waals surface area contributed by atoms with Gasteiger partial charge in [-0.1, -0.05) is 24.3 Å². The molecule has 0 aromatic heterocycles. The Kier molecular flexibility index (Phi) is 7.19. The lowest BCUT2D eigenvalue weighted by Crippen LogP contribution is -2.54. The molecule has 0 saturated carbocycles. The molecule has 188 valence electrons. The number of carbonyl (C=O) groups is 4. The molecule has 5 amide bonds. The summed E-state index contributed by atoms with van der Waals surface area (Å²) in [7, 11) is 1.41. The SMILES string of the molecule is COc1cc(C=C2C(=O)NC(=O)N(c3ccc(O)cc3)C2=O)ccc1OCC(=O)Nc1ccccc1C. The van der Waals surface area contributed by atoms with E-state index < -0.39 is 17.8 Å². The number of anilines is 2. The van der Waals surface area contributed by atoms with Crippen LogP contribution in [0.1, 0.15) is 11.1 Å². The Hall–Kier alpha value is -5.12. The highest BCUT2D eigenvalue weighted by molar-refractivity contribution is 6.39. The molecule has 1 fully saturated rings. The van der Waals surface area contributed by atoms with E-state index in [1.807, 2.05) is 25.1 Å². The summed E-state index contributed by atoms with van der Waals surface area (Å²) < 4.78 is 11.0. The van der Waals surface area contributed by atoms with Gasteiger partial charge in [0.15, 0.2) is 18.1 Å². The first kappa shape index (κ1) is 25.0. The molecule has 4 rings (SSSR count). The van der Waals surface area contributed by atoms with Crippen LogP contribution in [0, 0.1) is 6.92 Å². The van der Waals surface area contributed by atoms with Crippen molar-refractivity contribution in [1.82, 2.24) is 5.32 Å². The number of hydrogen-bond acceptors (Lipinski definition) is 7. The second-order valence-electron chi connectivity index (χ2n) is 8.04. The number of methoxy groups -OCH3 is 1. The van der Waals surface area contributed by atoms with Gasteiger partial charge < -0.3 is 19.9 Å². The third-order valence-electron chi connectivity index (χ3n) is 5.49. The number of para-hydroxylation sites is 1. The normalized spacial score (nSPS) is 14.4. The van der Waals surface area contributed by atoms with Gasteiger partial charge in [-0.15, -0.1) is 0 Å². The Labute approximate surface area is 212 Å². The fourth-order valence-corrected chi connectivity index (χ4v) is 3.60. The highest BCUT2D eigenvalue weighted by Crippen LogP contribution is 2.30. The second kappa shape index (κ2) is 10.6. The summed E-state index contributed by atoms with van der Waals surface area (Å²) >= 11 is 0. The third-order valence-corrected chi connectivity index (χ3v) is 5.49. The number of phenols is 1. The molecule has 0 atom stereocenters. The average molecular weight is 501 g/mol. The number of barbiturate groups is 1. The lowest BCUT2D eigenvalue weighted by atomic mass is 10.1. The van der Waals surface area contributed by atoms with Crippen molar-refractivity contribution < 1.29 is 33.8 Å². The molecule has 0 aliphatic carbocycles. The van der Waals surface area contributed by atoms with E-state index in [-0.39, 0.29) is 41.0 Å². The molecule has 0 spiro atoms. The van der Waals surface area contributed by atoms with Gasteiger partial charge in [-0.3, -0.25) is 19.7 Å². The maximum atomic E-state index is 13.0. The molecule has 10 heteroatoms. The summed E-state index contributed by atoms with van der Waals surface area (Å²) in [6.07, 6.45) is 1.31. The van der Waals surface area contributed by atoms with Crippen LogP contribution in [-0.4, -0.2) is 42.6 Å². The first-order chi connectivity index (χ1) is 17.8. The number of hydrogen-bond donors (Lipinski definition) is 3. The van der Waals surface area contributed by atoms with Gasteiger partial charge in [-0.05, 0) is 66.6 Å². The summed E-state index contributed by atoms with van der Waals surface area (Å²) in [6, 6.07) is 16.5. The maximum absolute atomic E-state index is 13.0. The molecule has 0 bridgehead atoms. The van der Waals surface area contributed by atoms with Crippen molar-refractivity contribution in [2.24, 2.45) is 0 Å². The van der Waals surface area contributed by atoms with E-state index in [4.69, 9.17) is 9.47 Å². The lowest BCUT2D eigenvalue weighted by Gasteiger charge is -2.26. The summed E-state index contributed by atoms with van der Waals surface area (Å²) in [5.74, 6) is -1.52. The van der Waals surface area contributed by atoms with E-state index in [0.717, 1.165) is 10.5 Å². The number of nitrogens with zero attached hydrogens (tertiary/aromatic N) is 1. The van der Waals surface area contributed by atoms with E-state index >= 15 is 0 Å². The van der Waals surface area contributed by atoms with Crippen molar-refractivity contribution in [1.29, 1.82) is 0 Å². The molecule has 1 heterocycles. The monoisotopic (exact) mass is 501 g/mol. The second-order valence-corrected chi connectivity index (χ2v) is 8.04. The van der Waals surface area contributed by atoms with Crippen molar-refractivity contribution in [2.45, 2.75) is 6.92 Å². The zero-order valence-corrected chi connectivity index (χ0v) is 20.0. The van der Waals surface area contributed by atoms with Gasteiger partial charge in [-0.25, -0.2) is 9.69 Å². The van der Waals surface area contributed by atoms with Crippen molar-refractivity contribution >= 4 is 41.2 Å². The Morgan fingerprint density at radius 3 is 2.46 bits per heavy atom. The number of phenolic OH excluding ortho intramolecular Hbond substituents is 1. The summed E-state index contributed by atoms with van der Waals surface area (Å²) in [4.78, 5) is 50.9. The van der Waals surface area contributed by atoms with Crippen LogP contribution in [0.5, 0.6) is 17.2 Å². The van der Waals surface area contributed by atoms with Gasteiger partial charge in [-0.2, -0.15) is 0 Å². The number of imide groups is 2. The van der Waals surface area contributed by atoms with Crippen LogP contribution < -0.4 is 25.0 Å². The number of aromatic hydroxyl groups is 1. The number of benzene rings is 3. The maximum Gasteiger partial charge on any atom is 0.335 e. The molecular formula is C27H23N3O7.